The van der Waals surface area contributed by atoms with Crippen molar-refractivity contribution < 1.29 is 9.90 Å². The van der Waals surface area contributed by atoms with E-state index in [1.165, 1.54) is 12.8 Å². The van der Waals surface area contributed by atoms with Crippen LogP contribution in [0.15, 0.2) is 36.7 Å². The van der Waals surface area contributed by atoms with Gasteiger partial charge in [0.25, 0.3) is 0 Å². The first-order valence-electron chi connectivity index (χ1n) is 6.43. The van der Waals surface area contributed by atoms with Gasteiger partial charge in [0.2, 0.25) is 0 Å². The van der Waals surface area contributed by atoms with Crippen LogP contribution in [0, 0.1) is 5.41 Å². The van der Waals surface area contributed by atoms with Crippen molar-refractivity contribution in [3.05, 3.63) is 42.2 Å². The van der Waals surface area contributed by atoms with Crippen LogP contribution in [0.3, 0.4) is 0 Å². The second-order valence-corrected chi connectivity index (χ2v) is 5.59. The monoisotopic (exact) mass is 256 g/mol. The summed E-state index contributed by atoms with van der Waals surface area (Å²) in [6.07, 6.45) is 6.17. The molecule has 1 saturated carbocycles. The van der Waals surface area contributed by atoms with E-state index in [0.717, 1.165) is 17.7 Å². The van der Waals surface area contributed by atoms with Crippen LogP contribution in [0.25, 0.3) is 11.1 Å². The lowest BCUT2D eigenvalue weighted by Crippen LogP contribution is -2.07. The highest BCUT2D eigenvalue weighted by atomic mass is 16.4. The normalized spacial score (nSPS) is 16.3. The molecule has 0 atom stereocenters. The van der Waals surface area contributed by atoms with Gasteiger partial charge < -0.3 is 5.11 Å². The molecule has 1 aromatic heterocycles. The van der Waals surface area contributed by atoms with Crippen molar-refractivity contribution in [2.75, 3.05) is 0 Å². The number of aromatic carboxylic acids is 1. The summed E-state index contributed by atoms with van der Waals surface area (Å²) in [5.41, 5.74) is 2.29. The van der Waals surface area contributed by atoms with E-state index in [2.05, 4.69) is 12.0 Å². The Hall–Kier alpha value is -2.10. The molecule has 0 spiro atoms. The van der Waals surface area contributed by atoms with Gasteiger partial charge in [-0.05, 0) is 29.9 Å². The molecule has 0 amide bonds. The van der Waals surface area contributed by atoms with Gasteiger partial charge in [-0.25, -0.2) is 4.79 Å². The molecule has 19 heavy (non-hydrogen) atoms. The number of carbonyl (C=O) groups is 1. The number of aromatic nitrogens is 2. The predicted octanol–water partition coefficient (Wildman–Crippen LogP) is 3.05. The second kappa shape index (κ2) is 4.23. The zero-order valence-corrected chi connectivity index (χ0v) is 10.8. The van der Waals surface area contributed by atoms with Crippen LogP contribution in [0.4, 0.5) is 0 Å². The number of carboxylic acid groups (broad SMARTS) is 1. The van der Waals surface area contributed by atoms with Gasteiger partial charge in [0.15, 0.2) is 0 Å². The number of hydrogen-bond donors (Lipinski definition) is 1. The van der Waals surface area contributed by atoms with Crippen LogP contribution < -0.4 is 0 Å². The molecule has 0 unspecified atom stereocenters. The van der Waals surface area contributed by atoms with Crippen molar-refractivity contribution in [3.63, 3.8) is 0 Å². The minimum Gasteiger partial charge on any atom is -0.478 e. The highest BCUT2D eigenvalue weighted by Crippen LogP contribution is 2.46. The van der Waals surface area contributed by atoms with E-state index in [-0.39, 0.29) is 0 Å². The lowest BCUT2D eigenvalue weighted by Gasteiger charge is -2.07. The SMILES string of the molecule is CC1(Cn2cc(-c3ccccc3C(=O)O)cn2)CC1. The number of nitrogens with zero attached hydrogens (tertiary/aromatic N) is 2. The average molecular weight is 256 g/mol. The standard InChI is InChI=1S/C15H16N2O2/c1-15(6-7-15)10-17-9-11(8-16-17)12-4-2-3-5-13(12)14(18)19/h2-5,8-9H,6-7,10H2,1H3,(H,18,19). The number of benzene rings is 1. The molecule has 4 nitrogen and oxygen atoms in total. The fraction of sp³-hybridized carbons (Fsp3) is 0.333. The summed E-state index contributed by atoms with van der Waals surface area (Å²) in [5, 5.41) is 13.5. The lowest BCUT2D eigenvalue weighted by atomic mass is 10.0. The van der Waals surface area contributed by atoms with Gasteiger partial charge in [0, 0.05) is 18.3 Å². The molecule has 0 radical (unpaired) electrons. The minimum absolute atomic E-state index is 0.319. The van der Waals surface area contributed by atoms with Gasteiger partial charge in [-0.2, -0.15) is 5.10 Å². The molecule has 0 saturated heterocycles. The molecule has 98 valence electrons. The van der Waals surface area contributed by atoms with E-state index in [9.17, 15) is 9.90 Å². The van der Waals surface area contributed by atoms with Crippen molar-refractivity contribution in [1.82, 2.24) is 9.78 Å². The molecular weight excluding hydrogens is 240 g/mol. The van der Waals surface area contributed by atoms with E-state index in [4.69, 9.17) is 0 Å². The van der Waals surface area contributed by atoms with Gasteiger partial charge in [-0.1, -0.05) is 25.1 Å². The van der Waals surface area contributed by atoms with Crippen LogP contribution in [-0.2, 0) is 6.54 Å². The molecule has 1 aliphatic carbocycles. The molecule has 0 aliphatic heterocycles. The smallest absolute Gasteiger partial charge is 0.336 e. The molecule has 1 fully saturated rings. The molecule has 1 aromatic carbocycles. The first-order valence-corrected chi connectivity index (χ1v) is 6.43. The molecule has 3 rings (SSSR count). The fourth-order valence-electron chi connectivity index (χ4n) is 2.27. The minimum atomic E-state index is -0.905. The Morgan fingerprint density at radius 3 is 2.84 bits per heavy atom. The average Bonchev–Trinajstić information content (AvgIpc) is 2.93. The highest BCUT2D eigenvalue weighted by molar-refractivity contribution is 5.95. The molecule has 1 aliphatic rings. The van der Waals surface area contributed by atoms with Gasteiger partial charge in [-0.15, -0.1) is 0 Å². The fourth-order valence-corrected chi connectivity index (χ4v) is 2.27. The lowest BCUT2D eigenvalue weighted by molar-refractivity contribution is 0.0697. The van der Waals surface area contributed by atoms with E-state index >= 15 is 0 Å². The molecule has 4 heteroatoms. The Labute approximate surface area is 111 Å². The molecule has 2 aromatic rings. The first kappa shape index (κ1) is 12.0. The Kier molecular flexibility index (Phi) is 2.66. The Balaban J connectivity index is 1.92. The highest BCUT2D eigenvalue weighted by Gasteiger charge is 2.37. The third-order valence-corrected chi connectivity index (χ3v) is 3.75. The first-order chi connectivity index (χ1) is 9.07. The topological polar surface area (TPSA) is 55.1 Å². The largest absolute Gasteiger partial charge is 0.478 e. The number of carboxylic acids is 1. The summed E-state index contributed by atoms with van der Waals surface area (Å²) in [5.74, 6) is -0.905. The van der Waals surface area contributed by atoms with Crippen LogP contribution in [0.2, 0.25) is 0 Å². The predicted molar refractivity (Wildman–Crippen MR) is 72.0 cm³/mol. The quantitative estimate of drug-likeness (QED) is 0.914. The van der Waals surface area contributed by atoms with Crippen molar-refractivity contribution in [3.8, 4) is 11.1 Å². The third kappa shape index (κ3) is 2.38. The maximum absolute atomic E-state index is 11.2. The van der Waals surface area contributed by atoms with Crippen molar-refractivity contribution in [1.29, 1.82) is 0 Å². The van der Waals surface area contributed by atoms with Crippen LogP contribution in [0.5, 0.6) is 0 Å². The van der Waals surface area contributed by atoms with Crippen molar-refractivity contribution in [2.45, 2.75) is 26.3 Å². The van der Waals surface area contributed by atoms with Crippen LogP contribution >= 0.6 is 0 Å². The van der Waals surface area contributed by atoms with Crippen molar-refractivity contribution >= 4 is 5.97 Å². The summed E-state index contributed by atoms with van der Waals surface area (Å²) in [4.78, 5) is 11.2. The van der Waals surface area contributed by atoms with Gasteiger partial charge in [0.1, 0.15) is 0 Å². The summed E-state index contributed by atoms with van der Waals surface area (Å²) in [7, 11) is 0. The third-order valence-electron chi connectivity index (χ3n) is 3.75. The van der Waals surface area contributed by atoms with E-state index in [1.807, 2.05) is 23.0 Å². The second-order valence-electron chi connectivity index (χ2n) is 5.59. The zero-order chi connectivity index (χ0) is 13.5. The van der Waals surface area contributed by atoms with Crippen LogP contribution in [-0.4, -0.2) is 20.9 Å². The summed E-state index contributed by atoms with van der Waals surface area (Å²) in [6, 6.07) is 7.03. The Morgan fingerprint density at radius 2 is 2.16 bits per heavy atom. The van der Waals surface area contributed by atoms with E-state index in [1.54, 1.807) is 18.3 Å². The molecule has 1 N–H and O–H groups in total. The summed E-state index contributed by atoms with van der Waals surface area (Å²) >= 11 is 0. The summed E-state index contributed by atoms with van der Waals surface area (Å²) < 4.78 is 1.92. The maximum Gasteiger partial charge on any atom is 0.336 e. The molecular formula is C15H16N2O2. The zero-order valence-electron chi connectivity index (χ0n) is 10.8. The molecule has 0 bridgehead atoms. The Morgan fingerprint density at radius 1 is 1.42 bits per heavy atom. The number of hydrogen-bond acceptors (Lipinski definition) is 2. The van der Waals surface area contributed by atoms with E-state index in [0.29, 0.717) is 11.0 Å². The van der Waals surface area contributed by atoms with Crippen molar-refractivity contribution in [2.24, 2.45) is 5.41 Å². The van der Waals surface area contributed by atoms with Gasteiger partial charge in [0.05, 0.1) is 11.8 Å². The maximum atomic E-state index is 11.2. The van der Waals surface area contributed by atoms with Gasteiger partial charge >= 0.3 is 5.97 Å². The van der Waals surface area contributed by atoms with Crippen LogP contribution in [0.1, 0.15) is 30.1 Å². The summed E-state index contributed by atoms with van der Waals surface area (Å²) in [6.45, 7) is 3.15. The number of rotatable bonds is 4. The van der Waals surface area contributed by atoms with Gasteiger partial charge in [-0.3, -0.25) is 4.68 Å². The Bertz CT molecular complexity index is 627. The molecule has 1 heterocycles. The van der Waals surface area contributed by atoms with E-state index < -0.39 is 5.97 Å².